The van der Waals surface area contributed by atoms with Gasteiger partial charge in [0.25, 0.3) is 5.91 Å². The number of amides is 1. The zero-order chi connectivity index (χ0) is 17.7. The third kappa shape index (κ3) is 3.97. The number of nitrogens with one attached hydrogen (secondary N) is 1. The molecule has 0 aliphatic heterocycles. The fraction of sp³-hybridized carbons (Fsp3) is 0.176. The van der Waals surface area contributed by atoms with E-state index in [0.29, 0.717) is 17.1 Å². The van der Waals surface area contributed by atoms with Crippen LogP contribution in [0.1, 0.15) is 20.7 Å². The van der Waals surface area contributed by atoms with Gasteiger partial charge in [-0.25, -0.2) is 4.79 Å². The summed E-state index contributed by atoms with van der Waals surface area (Å²) in [6, 6.07) is 9.88. The third-order valence-corrected chi connectivity index (χ3v) is 3.89. The third-order valence-electron chi connectivity index (χ3n) is 3.22. The van der Waals surface area contributed by atoms with Crippen molar-refractivity contribution in [3.8, 4) is 17.2 Å². The van der Waals surface area contributed by atoms with Crippen molar-refractivity contribution in [1.82, 2.24) is 5.32 Å². The van der Waals surface area contributed by atoms with Gasteiger partial charge in [-0.3, -0.25) is 4.79 Å². The van der Waals surface area contributed by atoms with Crippen molar-refractivity contribution in [2.45, 2.75) is 0 Å². The largest absolute Gasteiger partial charge is 0.493 e. The highest BCUT2D eigenvalue weighted by Gasteiger charge is 2.20. The highest BCUT2D eigenvalue weighted by molar-refractivity contribution is 14.1. The van der Waals surface area contributed by atoms with Gasteiger partial charge in [-0.05, 0) is 40.8 Å². The first-order valence-corrected chi connectivity index (χ1v) is 8.04. The van der Waals surface area contributed by atoms with Crippen LogP contribution < -0.4 is 19.5 Å². The van der Waals surface area contributed by atoms with Gasteiger partial charge in [0.15, 0.2) is 11.5 Å². The van der Waals surface area contributed by atoms with Crippen LogP contribution in [0, 0.1) is 3.57 Å². The summed E-state index contributed by atoms with van der Waals surface area (Å²) in [4.78, 5) is 24.4. The van der Waals surface area contributed by atoms with Gasteiger partial charge in [0, 0.05) is 22.8 Å². The molecule has 126 valence electrons. The predicted octanol–water partition coefficient (Wildman–Crippen LogP) is 2.89. The number of carbonyl (C=O) groups is 2. The van der Waals surface area contributed by atoms with E-state index in [-0.39, 0.29) is 11.3 Å². The van der Waals surface area contributed by atoms with Crippen molar-refractivity contribution >= 4 is 34.5 Å². The number of benzene rings is 2. The van der Waals surface area contributed by atoms with Gasteiger partial charge in [-0.2, -0.15) is 0 Å². The Bertz CT molecular complexity index is 776. The Morgan fingerprint density at radius 2 is 1.67 bits per heavy atom. The van der Waals surface area contributed by atoms with Gasteiger partial charge in [-0.1, -0.05) is 6.07 Å². The maximum Gasteiger partial charge on any atom is 0.343 e. The minimum Gasteiger partial charge on any atom is -0.493 e. The van der Waals surface area contributed by atoms with Crippen LogP contribution in [0.5, 0.6) is 17.2 Å². The summed E-state index contributed by atoms with van der Waals surface area (Å²) in [5.41, 5.74) is 0.564. The molecule has 2 aromatic carbocycles. The van der Waals surface area contributed by atoms with E-state index in [1.165, 1.54) is 33.4 Å². The monoisotopic (exact) mass is 441 g/mol. The van der Waals surface area contributed by atoms with E-state index in [0.717, 1.165) is 3.57 Å². The minimum atomic E-state index is -0.564. The Kier molecular flexibility index (Phi) is 6.02. The van der Waals surface area contributed by atoms with Crippen molar-refractivity contribution in [2.24, 2.45) is 0 Å². The van der Waals surface area contributed by atoms with Crippen LogP contribution in [0.2, 0.25) is 0 Å². The van der Waals surface area contributed by atoms with E-state index in [1.807, 2.05) is 6.07 Å². The van der Waals surface area contributed by atoms with E-state index in [4.69, 9.17) is 14.2 Å². The summed E-state index contributed by atoms with van der Waals surface area (Å²) < 4.78 is 16.7. The van der Waals surface area contributed by atoms with Gasteiger partial charge in [0.05, 0.1) is 25.3 Å². The van der Waals surface area contributed by atoms with Crippen molar-refractivity contribution < 1.29 is 23.8 Å². The Morgan fingerprint density at radius 1 is 1.00 bits per heavy atom. The minimum absolute atomic E-state index is 0.0934. The molecular formula is C17H16INO5. The number of carbonyl (C=O) groups excluding carboxylic acids is 2. The first-order valence-electron chi connectivity index (χ1n) is 6.96. The lowest BCUT2D eigenvalue weighted by molar-refractivity contribution is 0.0731. The maximum atomic E-state index is 12.4. The molecule has 0 atom stereocenters. The molecule has 6 nitrogen and oxygen atoms in total. The smallest absolute Gasteiger partial charge is 0.343 e. The number of methoxy groups -OCH3 is 2. The van der Waals surface area contributed by atoms with Crippen molar-refractivity contribution in [1.29, 1.82) is 0 Å². The second-order valence-electron chi connectivity index (χ2n) is 4.68. The molecule has 24 heavy (non-hydrogen) atoms. The summed E-state index contributed by atoms with van der Waals surface area (Å²) in [6.45, 7) is 0. The van der Waals surface area contributed by atoms with E-state index in [1.54, 1.807) is 18.2 Å². The molecule has 0 bridgehead atoms. The van der Waals surface area contributed by atoms with Crippen molar-refractivity contribution in [3.63, 3.8) is 0 Å². The van der Waals surface area contributed by atoms with Crippen molar-refractivity contribution in [3.05, 3.63) is 51.1 Å². The molecule has 0 spiro atoms. The SMILES string of the molecule is CNC(=O)c1cc(OC)c(OC)cc1OC(=O)c1cccc(I)c1. The quantitative estimate of drug-likeness (QED) is 0.439. The summed E-state index contributed by atoms with van der Waals surface area (Å²) >= 11 is 2.11. The average Bonchev–Trinajstić information content (AvgIpc) is 2.60. The van der Waals surface area contributed by atoms with Gasteiger partial charge >= 0.3 is 5.97 Å². The van der Waals surface area contributed by atoms with Crippen LogP contribution in [0.25, 0.3) is 0 Å². The first-order chi connectivity index (χ1) is 11.5. The van der Waals surface area contributed by atoms with Crippen LogP contribution >= 0.6 is 22.6 Å². The second kappa shape index (κ2) is 8.00. The molecule has 1 N–H and O–H groups in total. The zero-order valence-electron chi connectivity index (χ0n) is 13.4. The van der Waals surface area contributed by atoms with Crippen LogP contribution in [0.15, 0.2) is 36.4 Å². The summed E-state index contributed by atoms with van der Waals surface area (Å²) in [5, 5.41) is 2.50. The molecule has 2 rings (SSSR count). The average molecular weight is 441 g/mol. The Hall–Kier alpha value is -2.29. The van der Waals surface area contributed by atoms with E-state index in [2.05, 4.69) is 27.9 Å². The van der Waals surface area contributed by atoms with E-state index < -0.39 is 11.9 Å². The van der Waals surface area contributed by atoms with Crippen LogP contribution in [0.3, 0.4) is 0 Å². The van der Waals surface area contributed by atoms with Gasteiger partial charge < -0.3 is 19.5 Å². The topological polar surface area (TPSA) is 73.9 Å². The fourth-order valence-corrected chi connectivity index (χ4v) is 2.57. The zero-order valence-corrected chi connectivity index (χ0v) is 15.5. The fourth-order valence-electron chi connectivity index (χ4n) is 2.03. The lowest BCUT2D eigenvalue weighted by Gasteiger charge is -2.14. The standard InChI is InChI=1S/C17H16INO5/c1-19-16(20)12-8-14(22-2)15(23-3)9-13(12)24-17(21)10-5-4-6-11(18)7-10/h4-9H,1-3H3,(H,19,20). The molecule has 0 unspecified atom stereocenters. The summed E-state index contributed by atoms with van der Waals surface area (Å²) in [7, 11) is 4.41. The molecular weight excluding hydrogens is 425 g/mol. The number of rotatable bonds is 5. The number of halogens is 1. The normalized spacial score (nSPS) is 10.0. The number of ether oxygens (including phenoxy) is 3. The Morgan fingerprint density at radius 3 is 2.25 bits per heavy atom. The molecule has 0 saturated heterocycles. The molecule has 0 aliphatic rings. The first kappa shape index (κ1) is 18.1. The molecule has 0 aliphatic carbocycles. The van der Waals surface area contributed by atoms with Crippen LogP contribution in [-0.4, -0.2) is 33.1 Å². The number of esters is 1. The van der Waals surface area contributed by atoms with Crippen molar-refractivity contribution in [2.75, 3.05) is 21.3 Å². The molecule has 0 saturated carbocycles. The Balaban J connectivity index is 2.43. The number of hydrogen-bond acceptors (Lipinski definition) is 5. The highest BCUT2D eigenvalue weighted by Crippen LogP contribution is 2.35. The van der Waals surface area contributed by atoms with Gasteiger partial charge in [-0.15, -0.1) is 0 Å². The van der Waals surface area contributed by atoms with Crippen LogP contribution in [0.4, 0.5) is 0 Å². The molecule has 0 fully saturated rings. The second-order valence-corrected chi connectivity index (χ2v) is 5.93. The molecule has 0 radical (unpaired) electrons. The lowest BCUT2D eigenvalue weighted by Crippen LogP contribution is -2.20. The summed E-state index contributed by atoms with van der Waals surface area (Å²) in [6.07, 6.45) is 0. The maximum absolute atomic E-state index is 12.4. The number of hydrogen-bond donors (Lipinski definition) is 1. The highest BCUT2D eigenvalue weighted by atomic mass is 127. The van der Waals surface area contributed by atoms with E-state index >= 15 is 0 Å². The lowest BCUT2D eigenvalue weighted by atomic mass is 10.1. The molecule has 0 heterocycles. The van der Waals surface area contributed by atoms with E-state index in [9.17, 15) is 9.59 Å². The predicted molar refractivity (Wildman–Crippen MR) is 97.1 cm³/mol. The molecule has 2 aromatic rings. The molecule has 0 aromatic heterocycles. The Labute approximate surface area is 153 Å². The van der Waals surface area contributed by atoms with Gasteiger partial charge in [0.2, 0.25) is 0 Å². The summed E-state index contributed by atoms with van der Waals surface area (Å²) in [5.74, 6) is -0.149. The van der Waals surface area contributed by atoms with Gasteiger partial charge in [0.1, 0.15) is 5.75 Å². The van der Waals surface area contributed by atoms with Crippen LogP contribution in [-0.2, 0) is 0 Å². The molecule has 7 heteroatoms. The molecule has 1 amide bonds.